The van der Waals surface area contributed by atoms with Gasteiger partial charge in [0.1, 0.15) is 11.5 Å². The van der Waals surface area contributed by atoms with Gasteiger partial charge in [-0.05, 0) is 42.0 Å². The highest BCUT2D eigenvalue weighted by Gasteiger charge is 2.15. The van der Waals surface area contributed by atoms with E-state index in [1.54, 1.807) is 7.11 Å². The first kappa shape index (κ1) is 14.0. The fraction of sp³-hybridized carbons (Fsp3) is 0.235. The van der Waals surface area contributed by atoms with Crippen molar-refractivity contribution in [2.45, 2.75) is 11.3 Å². The normalized spacial score (nSPS) is 12.6. The highest BCUT2D eigenvalue weighted by atomic mass is 32.2. The van der Waals surface area contributed by atoms with Crippen LogP contribution in [0.1, 0.15) is 15.9 Å². The summed E-state index contributed by atoms with van der Waals surface area (Å²) in [5, 5.41) is 0. The molecule has 3 nitrogen and oxygen atoms in total. The molecule has 1 aliphatic rings. The molecule has 2 aromatic rings. The Morgan fingerprint density at radius 3 is 3.05 bits per heavy atom. The van der Waals surface area contributed by atoms with Crippen molar-refractivity contribution in [1.29, 1.82) is 0 Å². The number of Topliss-reactive ketones (excluding diaryl/α,β-unsaturated/α-hetero) is 1. The van der Waals surface area contributed by atoms with Crippen molar-refractivity contribution in [1.82, 2.24) is 0 Å². The molecule has 0 bridgehead atoms. The molecule has 0 N–H and O–H groups in total. The number of carbonyl (C=O) groups excluding carboxylic acids is 1. The summed E-state index contributed by atoms with van der Waals surface area (Å²) in [5.74, 6) is 2.28. The number of fused-ring (bicyclic) bond motifs is 1. The molecule has 108 valence electrons. The third kappa shape index (κ3) is 3.22. The van der Waals surface area contributed by atoms with E-state index in [9.17, 15) is 4.79 Å². The second-order valence-corrected chi connectivity index (χ2v) is 5.86. The number of hydrogen-bond acceptors (Lipinski definition) is 4. The van der Waals surface area contributed by atoms with Gasteiger partial charge in [0.15, 0.2) is 5.78 Å². The first-order valence-electron chi connectivity index (χ1n) is 6.82. The summed E-state index contributed by atoms with van der Waals surface area (Å²) in [5.41, 5.74) is 1.89. The number of ketones is 1. The van der Waals surface area contributed by atoms with Crippen LogP contribution < -0.4 is 9.47 Å². The zero-order valence-corrected chi connectivity index (χ0v) is 12.6. The highest BCUT2D eigenvalue weighted by molar-refractivity contribution is 8.00. The maximum absolute atomic E-state index is 12.3. The molecule has 1 heterocycles. The molecule has 0 saturated carbocycles. The molecule has 0 fully saturated rings. The second kappa shape index (κ2) is 6.22. The average Bonchev–Trinajstić information content (AvgIpc) is 3.00. The van der Waals surface area contributed by atoms with E-state index in [-0.39, 0.29) is 5.78 Å². The van der Waals surface area contributed by atoms with Crippen molar-refractivity contribution < 1.29 is 14.3 Å². The van der Waals surface area contributed by atoms with Crippen LogP contribution in [0.3, 0.4) is 0 Å². The van der Waals surface area contributed by atoms with Gasteiger partial charge >= 0.3 is 0 Å². The molecule has 4 heteroatoms. The van der Waals surface area contributed by atoms with E-state index >= 15 is 0 Å². The van der Waals surface area contributed by atoms with Crippen LogP contribution >= 0.6 is 11.8 Å². The molecule has 0 saturated heterocycles. The fourth-order valence-electron chi connectivity index (χ4n) is 2.28. The van der Waals surface area contributed by atoms with Gasteiger partial charge in [0, 0.05) is 16.9 Å². The molecule has 21 heavy (non-hydrogen) atoms. The summed E-state index contributed by atoms with van der Waals surface area (Å²) >= 11 is 1.53. The first-order chi connectivity index (χ1) is 10.3. The van der Waals surface area contributed by atoms with Crippen molar-refractivity contribution in [3.8, 4) is 11.5 Å². The van der Waals surface area contributed by atoms with Crippen molar-refractivity contribution >= 4 is 17.5 Å². The van der Waals surface area contributed by atoms with Crippen LogP contribution in [0.5, 0.6) is 11.5 Å². The second-order valence-electron chi connectivity index (χ2n) is 4.81. The van der Waals surface area contributed by atoms with Crippen molar-refractivity contribution in [2.24, 2.45) is 0 Å². The predicted octanol–water partition coefficient (Wildman–Crippen LogP) is 3.61. The summed E-state index contributed by atoms with van der Waals surface area (Å²) in [7, 11) is 1.64. The molecular formula is C17H16O3S. The van der Waals surface area contributed by atoms with E-state index in [1.807, 2.05) is 42.5 Å². The molecule has 3 rings (SSSR count). The Kier molecular flexibility index (Phi) is 4.15. The Morgan fingerprint density at radius 1 is 1.29 bits per heavy atom. The van der Waals surface area contributed by atoms with Crippen LogP contribution in [0.15, 0.2) is 47.4 Å². The molecule has 1 aliphatic heterocycles. The van der Waals surface area contributed by atoms with Crippen molar-refractivity contribution in [3.63, 3.8) is 0 Å². The van der Waals surface area contributed by atoms with E-state index in [0.29, 0.717) is 12.4 Å². The Bertz CT molecular complexity index is 667. The van der Waals surface area contributed by atoms with Crippen LogP contribution in [0.2, 0.25) is 0 Å². The minimum atomic E-state index is 0.137. The van der Waals surface area contributed by atoms with Gasteiger partial charge in [0.25, 0.3) is 0 Å². The van der Waals surface area contributed by atoms with Gasteiger partial charge in [0.05, 0.1) is 19.5 Å². The molecule has 0 atom stereocenters. The third-order valence-corrected chi connectivity index (χ3v) is 4.42. The molecule has 0 spiro atoms. The van der Waals surface area contributed by atoms with E-state index < -0.39 is 0 Å². The Balaban J connectivity index is 1.66. The molecule has 2 aromatic carbocycles. The van der Waals surface area contributed by atoms with Gasteiger partial charge in [-0.25, -0.2) is 0 Å². The zero-order valence-electron chi connectivity index (χ0n) is 11.8. The summed E-state index contributed by atoms with van der Waals surface area (Å²) in [4.78, 5) is 13.3. The topological polar surface area (TPSA) is 35.5 Å². The standard InChI is InChI=1S/C17H16O3S/c1-19-14-3-2-4-15(10-14)21-11-16(18)12-5-6-17-13(9-12)7-8-20-17/h2-6,9-10H,7-8,11H2,1H3. The molecule has 0 aliphatic carbocycles. The molecule has 0 aromatic heterocycles. The van der Waals surface area contributed by atoms with Crippen LogP contribution in [0.4, 0.5) is 0 Å². The van der Waals surface area contributed by atoms with Gasteiger partial charge in [0.2, 0.25) is 0 Å². The number of hydrogen-bond donors (Lipinski definition) is 0. The summed E-state index contributed by atoms with van der Waals surface area (Å²) < 4.78 is 10.6. The average molecular weight is 300 g/mol. The van der Waals surface area contributed by atoms with Crippen LogP contribution in [0, 0.1) is 0 Å². The molecular weight excluding hydrogens is 284 g/mol. The lowest BCUT2D eigenvalue weighted by atomic mass is 10.1. The van der Waals surface area contributed by atoms with Gasteiger partial charge < -0.3 is 9.47 Å². The molecule has 0 unspecified atom stereocenters. The summed E-state index contributed by atoms with van der Waals surface area (Å²) in [6, 6.07) is 13.4. The smallest absolute Gasteiger partial charge is 0.173 e. The number of ether oxygens (including phenoxy) is 2. The number of carbonyl (C=O) groups is 1. The van der Waals surface area contributed by atoms with Crippen LogP contribution in [0.25, 0.3) is 0 Å². The van der Waals surface area contributed by atoms with E-state index in [2.05, 4.69) is 0 Å². The maximum Gasteiger partial charge on any atom is 0.173 e. The van der Waals surface area contributed by atoms with Crippen molar-refractivity contribution in [3.05, 3.63) is 53.6 Å². The van der Waals surface area contributed by atoms with Crippen LogP contribution in [-0.4, -0.2) is 25.3 Å². The van der Waals surface area contributed by atoms with E-state index in [4.69, 9.17) is 9.47 Å². The van der Waals surface area contributed by atoms with Crippen molar-refractivity contribution in [2.75, 3.05) is 19.5 Å². The van der Waals surface area contributed by atoms with Gasteiger partial charge in [-0.1, -0.05) is 6.07 Å². The summed E-state index contributed by atoms with van der Waals surface area (Å²) in [6.45, 7) is 0.714. The number of methoxy groups -OCH3 is 1. The fourth-order valence-corrected chi connectivity index (χ4v) is 3.12. The van der Waals surface area contributed by atoms with E-state index in [1.165, 1.54) is 11.8 Å². The summed E-state index contributed by atoms with van der Waals surface area (Å²) in [6.07, 6.45) is 0.888. The predicted molar refractivity (Wildman–Crippen MR) is 83.7 cm³/mol. The van der Waals surface area contributed by atoms with Gasteiger partial charge in [-0.2, -0.15) is 0 Å². The minimum Gasteiger partial charge on any atom is -0.497 e. The van der Waals surface area contributed by atoms with Gasteiger partial charge in [-0.3, -0.25) is 4.79 Å². The lowest BCUT2D eigenvalue weighted by molar-refractivity contribution is 0.102. The largest absolute Gasteiger partial charge is 0.497 e. The van der Waals surface area contributed by atoms with E-state index in [0.717, 1.165) is 33.9 Å². The zero-order chi connectivity index (χ0) is 14.7. The van der Waals surface area contributed by atoms with Crippen LogP contribution in [-0.2, 0) is 6.42 Å². The molecule has 0 amide bonds. The van der Waals surface area contributed by atoms with Gasteiger partial charge in [-0.15, -0.1) is 11.8 Å². The Labute approximate surface area is 128 Å². The SMILES string of the molecule is COc1cccc(SCC(=O)c2ccc3c(c2)CCO3)c1. The Morgan fingerprint density at radius 2 is 2.19 bits per heavy atom. The highest BCUT2D eigenvalue weighted by Crippen LogP contribution is 2.27. The first-order valence-corrected chi connectivity index (χ1v) is 7.80. The number of rotatable bonds is 5. The third-order valence-electron chi connectivity index (χ3n) is 3.42. The lowest BCUT2D eigenvalue weighted by Gasteiger charge is -2.05. The number of benzene rings is 2. The Hall–Kier alpha value is -1.94. The quantitative estimate of drug-likeness (QED) is 0.624. The number of thioether (sulfide) groups is 1. The lowest BCUT2D eigenvalue weighted by Crippen LogP contribution is -2.02. The monoisotopic (exact) mass is 300 g/mol. The maximum atomic E-state index is 12.3. The molecule has 0 radical (unpaired) electrons. The minimum absolute atomic E-state index is 0.137.